The predicted octanol–water partition coefficient (Wildman–Crippen LogP) is 3.19. The number of hydrogen-bond acceptors (Lipinski definition) is 3. The lowest BCUT2D eigenvalue weighted by molar-refractivity contribution is 0.0697. The Morgan fingerprint density at radius 3 is 2.45 bits per heavy atom. The van der Waals surface area contributed by atoms with Crippen molar-refractivity contribution in [2.24, 2.45) is 0 Å². The molecule has 22 heavy (non-hydrogen) atoms. The van der Waals surface area contributed by atoms with E-state index >= 15 is 0 Å². The van der Waals surface area contributed by atoms with E-state index in [2.05, 4.69) is 10.3 Å². The number of amides is 1. The Morgan fingerprint density at radius 1 is 0.955 bits per heavy atom. The molecule has 0 spiro atoms. The average Bonchev–Trinajstić information content (AvgIpc) is 2.55. The lowest BCUT2D eigenvalue weighted by Gasteiger charge is -2.07. The number of rotatable bonds is 3. The Kier molecular flexibility index (Phi) is 3.53. The smallest absolute Gasteiger partial charge is 0.335 e. The summed E-state index contributed by atoms with van der Waals surface area (Å²) in [6.45, 7) is 0. The third-order valence-corrected chi connectivity index (χ3v) is 3.27. The van der Waals surface area contributed by atoms with Crippen molar-refractivity contribution in [2.45, 2.75) is 0 Å². The molecule has 0 bridgehead atoms. The lowest BCUT2D eigenvalue weighted by atomic mass is 10.1. The van der Waals surface area contributed by atoms with E-state index in [9.17, 15) is 9.59 Å². The van der Waals surface area contributed by atoms with E-state index in [1.165, 1.54) is 12.3 Å². The fraction of sp³-hybridized carbons (Fsp3) is 0. The molecule has 108 valence electrons. The summed E-state index contributed by atoms with van der Waals surface area (Å²) in [5.74, 6) is -1.20. The summed E-state index contributed by atoms with van der Waals surface area (Å²) < 4.78 is 0. The molecule has 1 heterocycles. The normalized spacial score (nSPS) is 10.4. The molecule has 1 aromatic heterocycles. The third-order valence-electron chi connectivity index (χ3n) is 3.27. The van der Waals surface area contributed by atoms with Gasteiger partial charge in [0, 0.05) is 18.1 Å². The quantitative estimate of drug-likeness (QED) is 0.777. The number of carbonyl (C=O) groups excluding carboxylic acids is 1. The van der Waals surface area contributed by atoms with Crippen LogP contribution in [-0.2, 0) is 0 Å². The Morgan fingerprint density at radius 2 is 1.73 bits per heavy atom. The molecule has 0 aliphatic rings. The van der Waals surface area contributed by atoms with Crippen LogP contribution in [0.5, 0.6) is 0 Å². The number of pyridine rings is 1. The Hall–Kier alpha value is -3.21. The maximum Gasteiger partial charge on any atom is 0.335 e. The Labute approximate surface area is 126 Å². The van der Waals surface area contributed by atoms with Gasteiger partial charge in [-0.1, -0.05) is 12.1 Å². The van der Waals surface area contributed by atoms with Crippen molar-refractivity contribution in [1.29, 1.82) is 0 Å². The highest BCUT2D eigenvalue weighted by Gasteiger charge is 2.07. The molecular formula is C17H12N2O3. The molecule has 0 fully saturated rings. The fourth-order valence-electron chi connectivity index (χ4n) is 2.16. The van der Waals surface area contributed by atoms with Crippen LogP contribution in [0, 0.1) is 0 Å². The van der Waals surface area contributed by atoms with Crippen molar-refractivity contribution >= 4 is 28.3 Å². The molecule has 5 nitrogen and oxygen atoms in total. The number of carboxylic acid groups (broad SMARTS) is 1. The van der Waals surface area contributed by atoms with Gasteiger partial charge in [0.2, 0.25) is 0 Å². The van der Waals surface area contributed by atoms with E-state index in [1.807, 2.05) is 0 Å². The highest BCUT2D eigenvalue weighted by Crippen LogP contribution is 2.21. The van der Waals surface area contributed by atoms with Crippen molar-refractivity contribution in [2.75, 3.05) is 5.32 Å². The van der Waals surface area contributed by atoms with Gasteiger partial charge in [-0.3, -0.25) is 9.78 Å². The second kappa shape index (κ2) is 5.65. The number of benzene rings is 2. The van der Waals surface area contributed by atoms with Gasteiger partial charge in [-0.15, -0.1) is 0 Å². The first-order valence-electron chi connectivity index (χ1n) is 6.62. The monoisotopic (exact) mass is 292 g/mol. The summed E-state index contributed by atoms with van der Waals surface area (Å²) in [7, 11) is 0. The van der Waals surface area contributed by atoms with E-state index in [-0.39, 0.29) is 11.5 Å². The van der Waals surface area contributed by atoms with Gasteiger partial charge in [0.25, 0.3) is 5.91 Å². The van der Waals surface area contributed by atoms with Gasteiger partial charge in [-0.05, 0) is 47.2 Å². The number of hydrogen-bond donors (Lipinski definition) is 2. The molecule has 0 unspecified atom stereocenters. The van der Waals surface area contributed by atoms with Gasteiger partial charge in [0.05, 0.1) is 11.1 Å². The minimum Gasteiger partial charge on any atom is -0.478 e. The molecule has 5 heteroatoms. The van der Waals surface area contributed by atoms with E-state index in [4.69, 9.17) is 5.11 Å². The van der Waals surface area contributed by atoms with E-state index < -0.39 is 5.97 Å². The molecule has 0 atom stereocenters. The second-order valence-corrected chi connectivity index (χ2v) is 4.78. The van der Waals surface area contributed by atoms with Gasteiger partial charge in [0.15, 0.2) is 0 Å². The average molecular weight is 292 g/mol. The van der Waals surface area contributed by atoms with Crippen molar-refractivity contribution in [1.82, 2.24) is 4.98 Å². The molecular weight excluding hydrogens is 280 g/mol. The first-order valence-corrected chi connectivity index (χ1v) is 6.62. The zero-order valence-corrected chi connectivity index (χ0v) is 11.5. The highest BCUT2D eigenvalue weighted by atomic mass is 16.4. The second-order valence-electron chi connectivity index (χ2n) is 4.78. The van der Waals surface area contributed by atoms with Crippen LogP contribution >= 0.6 is 0 Å². The van der Waals surface area contributed by atoms with E-state index in [0.717, 1.165) is 10.8 Å². The molecule has 0 aliphatic heterocycles. The van der Waals surface area contributed by atoms with Crippen molar-refractivity contribution in [3.05, 3.63) is 72.1 Å². The van der Waals surface area contributed by atoms with Crippen LogP contribution in [0.3, 0.4) is 0 Å². The van der Waals surface area contributed by atoms with Crippen LogP contribution in [0.2, 0.25) is 0 Å². The molecule has 0 saturated carbocycles. The first-order chi connectivity index (χ1) is 10.6. The zero-order valence-electron chi connectivity index (χ0n) is 11.5. The van der Waals surface area contributed by atoms with Crippen molar-refractivity contribution < 1.29 is 14.7 Å². The zero-order chi connectivity index (χ0) is 15.5. The Balaban J connectivity index is 1.88. The fourth-order valence-corrected chi connectivity index (χ4v) is 2.16. The van der Waals surface area contributed by atoms with Crippen LogP contribution in [0.15, 0.2) is 60.9 Å². The minimum atomic E-state index is -0.962. The summed E-state index contributed by atoms with van der Waals surface area (Å²) in [5, 5.41) is 13.4. The highest BCUT2D eigenvalue weighted by molar-refractivity contribution is 6.05. The SMILES string of the molecule is O=C(O)c1ccc2cc(NC(=O)c3cccnc3)ccc2c1. The topological polar surface area (TPSA) is 79.3 Å². The minimum absolute atomic E-state index is 0.236. The molecule has 0 aliphatic carbocycles. The van der Waals surface area contributed by atoms with Crippen LogP contribution < -0.4 is 5.32 Å². The third kappa shape index (κ3) is 2.78. The summed E-state index contributed by atoms with van der Waals surface area (Å²) >= 11 is 0. The van der Waals surface area contributed by atoms with Crippen molar-refractivity contribution in [3.63, 3.8) is 0 Å². The standard InChI is InChI=1S/C17H12N2O3/c20-16(14-2-1-7-18-10-14)19-15-6-5-11-8-13(17(21)22)4-3-12(11)9-15/h1-10H,(H,19,20)(H,21,22). The summed E-state index contributed by atoms with van der Waals surface area (Å²) in [5.41, 5.74) is 1.35. The van der Waals surface area contributed by atoms with E-state index in [0.29, 0.717) is 11.3 Å². The van der Waals surface area contributed by atoms with Crippen molar-refractivity contribution in [3.8, 4) is 0 Å². The summed E-state index contributed by atoms with van der Waals surface area (Å²) in [4.78, 5) is 26.9. The molecule has 3 aromatic rings. The maximum atomic E-state index is 12.1. The first kappa shape index (κ1) is 13.8. The summed E-state index contributed by atoms with van der Waals surface area (Å²) in [6, 6.07) is 13.6. The van der Waals surface area contributed by atoms with Crippen LogP contribution in [-0.4, -0.2) is 22.0 Å². The number of aromatic nitrogens is 1. The van der Waals surface area contributed by atoms with Gasteiger partial charge in [0.1, 0.15) is 0 Å². The molecule has 0 saturated heterocycles. The van der Waals surface area contributed by atoms with Crippen LogP contribution in [0.25, 0.3) is 10.8 Å². The van der Waals surface area contributed by atoms with Gasteiger partial charge in [-0.25, -0.2) is 4.79 Å². The van der Waals surface area contributed by atoms with E-state index in [1.54, 1.807) is 48.7 Å². The number of carboxylic acids is 1. The number of aromatic carboxylic acids is 1. The molecule has 0 radical (unpaired) electrons. The largest absolute Gasteiger partial charge is 0.478 e. The number of fused-ring (bicyclic) bond motifs is 1. The number of nitrogens with zero attached hydrogens (tertiary/aromatic N) is 1. The van der Waals surface area contributed by atoms with Gasteiger partial charge >= 0.3 is 5.97 Å². The Bertz CT molecular complexity index is 860. The van der Waals surface area contributed by atoms with Gasteiger partial charge < -0.3 is 10.4 Å². The molecule has 3 rings (SSSR count). The molecule has 1 amide bonds. The number of anilines is 1. The molecule has 2 aromatic carbocycles. The van der Waals surface area contributed by atoms with Crippen LogP contribution in [0.1, 0.15) is 20.7 Å². The lowest BCUT2D eigenvalue weighted by Crippen LogP contribution is -2.11. The number of carbonyl (C=O) groups is 2. The summed E-state index contributed by atoms with van der Waals surface area (Å²) in [6.07, 6.45) is 3.10. The van der Waals surface area contributed by atoms with Crippen LogP contribution in [0.4, 0.5) is 5.69 Å². The molecule has 2 N–H and O–H groups in total. The van der Waals surface area contributed by atoms with Gasteiger partial charge in [-0.2, -0.15) is 0 Å². The number of nitrogens with one attached hydrogen (secondary N) is 1. The maximum absolute atomic E-state index is 12.1. The predicted molar refractivity (Wildman–Crippen MR) is 83.1 cm³/mol.